The van der Waals surface area contributed by atoms with Gasteiger partial charge in [0, 0.05) is 5.56 Å². The first-order valence-corrected chi connectivity index (χ1v) is 9.38. The average Bonchev–Trinajstić information content (AvgIpc) is 2.67. The summed E-state index contributed by atoms with van der Waals surface area (Å²) in [6.07, 6.45) is 0. The molecule has 0 aromatic heterocycles. The van der Waals surface area contributed by atoms with Crippen molar-refractivity contribution in [2.45, 2.75) is 19.5 Å². The highest BCUT2D eigenvalue weighted by atomic mass is 19.1. The zero-order valence-corrected chi connectivity index (χ0v) is 16.5. The minimum atomic E-state index is -0.387. The van der Waals surface area contributed by atoms with Crippen LogP contribution < -0.4 is 15.0 Å². The SMILES string of the molecule is COc1ccc(C[NH+](C)CC(=O)N[C@@H](C)c2cccc3ccccc23)cc1F. The number of carbonyl (C=O) groups excluding carboxylic acids is 1. The molecule has 4 nitrogen and oxygen atoms in total. The first-order chi connectivity index (χ1) is 13.5. The van der Waals surface area contributed by atoms with Crippen LogP contribution in [0.15, 0.2) is 60.7 Å². The average molecular weight is 381 g/mol. The van der Waals surface area contributed by atoms with Crippen molar-refractivity contribution < 1.29 is 18.8 Å². The summed E-state index contributed by atoms with van der Waals surface area (Å²) in [5.41, 5.74) is 1.92. The molecule has 3 rings (SSSR count). The van der Waals surface area contributed by atoms with Crippen LogP contribution in [0.5, 0.6) is 5.75 Å². The molecule has 0 radical (unpaired) electrons. The summed E-state index contributed by atoms with van der Waals surface area (Å²) in [6.45, 7) is 2.85. The number of hydrogen-bond donors (Lipinski definition) is 2. The van der Waals surface area contributed by atoms with E-state index in [1.54, 1.807) is 6.07 Å². The van der Waals surface area contributed by atoms with E-state index in [1.165, 1.54) is 13.2 Å². The zero-order valence-electron chi connectivity index (χ0n) is 16.5. The van der Waals surface area contributed by atoms with Gasteiger partial charge in [-0.1, -0.05) is 42.5 Å². The van der Waals surface area contributed by atoms with Crippen molar-refractivity contribution in [3.05, 3.63) is 77.6 Å². The Morgan fingerprint density at radius 1 is 1.14 bits per heavy atom. The zero-order chi connectivity index (χ0) is 20.1. The molecule has 0 aliphatic rings. The van der Waals surface area contributed by atoms with Gasteiger partial charge in [-0.05, 0) is 41.5 Å². The molecule has 0 aliphatic carbocycles. The lowest BCUT2D eigenvalue weighted by atomic mass is 10.00. The minimum absolute atomic E-state index is 0.0353. The molecular weight excluding hydrogens is 355 g/mol. The van der Waals surface area contributed by atoms with Crippen molar-refractivity contribution in [2.75, 3.05) is 20.7 Å². The first kappa shape index (κ1) is 19.8. The smallest absolute Gasteiger partial charge is 0.275 e. The van der Waals surface area contributed by atoms with Crippen molar-refractivity contribution >= 4 is 16.7 Å². The van der Waals surface area contributed by atoms with Gasteiger partial charge in [0.2, 0.25) is 0 Å². The molecule has 2 atom stereocenters. The van der Waals surface area contributed by atoms with E-state index in [-0.39, 0.29) is 23.5 Å². The number of rotatable bonds is 7. The molecule has 3 aromatic rings. The van der Waals surface area contributed by atoms with Crippen molar-refractivity contribution in [2.24, 2.45) is 0 Å². The fourth-order valence-electron chi connectivity index (χ4n) is 3.50. The fourth-order valence-corrected chi connectivity index (χ4v) is 3.50. The van der Waals surface area contributed by atoms with Crippen molar-refractivity contribution in [1.82, 2.24) is 5.32 Å². The number of amides is 1. The molecule has 146 valence electrons. The second-order valence-corrected chi connectivity index (χ2v) is 7.14. The molecule has 1 amide bonds. The molecule has 3 aromatic carbocycles. The van der Waals surface area contributed by atoms with E-state index in [0.717, 1.165) is 26.8 Å². The summed E-state index contributed by atoms with van der Waals surface area (Å²) >= 11 is 0. The predicted octanol–water partition coefficient (Wildman–Crippen LogP) is 2.88. The van der Waals surface area contributed by atoms with Crippen LogP contribution >= 0.6 is 0 Å². The van der Waals surface area contributed by atoms with Gasteiger partial charge in [-0.3, -0.25) is 4.79 Å². The maximum atomic E-state index is 13.8. The number of halogens is 1. The van der Waals surface area contributed by atoms with E-state index in [4.69, 9.17) is 4.74 Å². The monoisotopic (exact) mass is 381 g/mol. The third kappa shape index (κ3) is 4.67. The standard InChI is InChI=1S/C23H25FN2O2/c1-16(19-10-6-8-18-7-4-5-9-20(18)19)25-23(27)15-26(2)14-17-11-12-22(28-3)21(24)13-17/h4-13,16H,14-15H2,1-3H3,(H,25,27)/p+1/t16-/m0/s1. The van der Waals surface area contributed by atoms with Gasteiger partial charge < -0.3 is 15.0 Å². The Hall–Kier alpha value is -2.92. The molecule has 0 saturated heterocycles. The van der Waals surface area contributed by atoms with Crippen molar-refractivity contribution in [1.29, 1.82) is 0 Å². The summed E-state index contributed by atoms with van der Waals surface area (Å²) in [6, 6.07) is 19.1. The van der Waals surface area contributed by atoms with Crippen LogP contribution in [0.3, 0.4) is 0 Å². The largest absolute Gasteiger partial charge is 0.494 e. The molecule has 2 N–H and O–H groups in total. The van der Waals surface area contributed by atoms with Gasteiger partial charge in [-0.2, -0.15) is 0 Å². The summed E-state index contributed by atoms with van der Waals surface area (Å²) < 4.78 is 18.8. The van der Waals surface area contributed by atoms with Crippen LogP contribution in [0.4, 0.5) is 4.39 Å². The number of quaternary nitrogens is 1. The molecule has 0 bridgehead atoms. The molecule has 0 spiro atoms. The van der Waals surface area contributed by atoms with Crippen LogP contribution in [0.25, 0.3) is 10.8 Å². The summed E-state index contributed by atoms with van der Waals surface area (Å²) in [7, 11) is 3.36. The second-order valence-electron chi connectivity index (χ2n) is 7.14. The van der Waals surface area contributed by atoms with Gasteiger partial charge in [-0.25, -0.2) is 4.39 Å². The van der Waals surface area contributed by atoms with Crippen LogP contribution in [-0.2, 0) is 11.3 Å². The molecular formula is C23H26FN2O2+. The molecule has 0 heterocycles. The third-order valence-corrected chi connectivity index (χ3v) is 4.85. The Bertz CT molecular complexity index is 968. The summed E-state index contributed by atoms with van der Waals surface area (Å²) in [4.78, 5) is 13.5. The van der Waals surface area contributed by atoms with Gasteiger partial charge in [0.15, 0.2) is 18.1 Å². The minimum Gasteiger partial charge on any atom is -0.494 e. The van der Waals surface area contributed by atoms with Gasteiger partial charge in [0.25, 0.3) is 5.91 Å². The highest BCUT2D eigenvalue weighted by molar-refractivity contribution is 5.87. The highest BCUT2D eigenvalue weighted by Crippen LogP contribution is 2.23. The molecule has 0 saturated carbocycles. The van der Waals surface area contributed by atoms with E-state index in [0.29, 0.717) is 13.1 Å². The highest BCUT2D eigenvalue weighted by Gasteiger charge is 2.16. The lowest BCUT2D eigenvalue weighted by molar-refractivity contribution is -0.885. The molecule has 28 heavy (non-hydrogen) atoms. The van der Waals surface area contributed by atoms with E-state index < -0.39 is 0 Å². The second kappa shape index (κ2) is 8.85. The number of nitrogens with one attached hydrogen (secondary N) is 2. The van der Waals surface area contributed by atoms with Gasteiger partial charge in [-0.15, -0.1) is 0 Å². The normalized spacial score (nSPS) is 13.1. The van der Waals surface area contributed by atoms with Crippen LogP contribution in [0, 0.1) is 5.82 Å². The Balaban J connectivity index is 1.60. The first-order valence-electron chi connectivity index (χ1n) is 9.38. The molecule has 5 heteroatoms. The Morgan fingerprint density at radius 3 is 2.64 bits per heavy atom. The van der Waals surface area contributed by atoms with Crippen LogP contribution in [-0.4, -0.2) is 26.6 Å². The number of carbonyl (C=O) groups is 1. The lowest BCUT2D eigenvalue weighted by Gasteiger charge is -2.19. The lowest BCUT2D eigenvalue weighted by Crippen LogP contribution is -3.08. The molecule has 0 aliphatic heterocycles. The Morgan fingerprint density at radius 2 is 1.89 bits per heavy atom. The number of fused-ring (bicyclic) bond motifs is 1. The van der Waals surface area contributed by atoms with Gasteiger partial charge in [0.1, 0.15) is 6.54 Å². The fraction of sp³-hybridized carbons (Fsp3) is 0.261. The molecule has 0 fully saturated rings. The van der Waals surface area contributed by atoms with Gasteiger partial charge in [0.05, 0.1) is 20.2 Å². The number of methoxy groups -OCH3 is 1. The van der Waals surface area contributed by atoms with E-state index in [2.05, 4.69) is 23.5 Å². The number of hydrogen-bond acceptors (Lipinski definition) is 2. The predicted molar refractivity (Wildman–Crippen MR) is 109 cm³/mol. The maximum Gasteiger partial charge on any atom is 0.275 e. The van der Waals surface area contributed by atoms with Crippen molar-refractivity contribution in [3.63, 3.8) is 0 Å². The summed E-state index contributed by atoms with van der Waals surface area (Å²) in [5, 5.41) is 5.38. The molecule has 1 unspecified atom stereocenters. The van der Waals surface area contributed by atoms with Crippen molar-refractivity contribution in [3.8, 4) is 5.75 Å². The van der Waals surface area contributed by atoms with E-state index in [1.807, 2.05) is 44.3 Å². The quantitative estimate of drug-likeness (QED) is 0.661. The number of likely N-dealkylation sites (N-methyl/N-ethyl adjacent to an activating group) is 1. The Labute approximate surface area is 164 Å². The van der Waals surface area contributed by atoms with E-state index >= 15 is 0 Å². The van der Waals surface area contributed by atoms with Gasteiger partial charge >= 0.3 is 0 Å². The topological polar surface area (TPSA) is 42.8 Å². The van der Waals surface area contributed by atoms with Crippen LogP contribution in [0.1, 0.15) is 24.1 Å². The maximum absolute atomic E-state index is 13.8. The summed E-state index contributed by atoms with van der Waals surface area (Å²) in [5.74, 6) is -0.197. The third-order valence-electron chi connectivity index (χ3n) is 4.85. The number of benzene rings is 3. The number of ether oxygens (including phenoxy) is 1. The van der Waals surface area contributed by atoms with E-state index in [9.17, 15) is 9.18 Å². The Kier molecular flexibility index (Phi) is 6.26. The van der Waals surface area contributed by atoms with Crippen LogP contribution in [0.2, 0.25) is 0 Å².